The lowest BCUT2D eigenvalue weighted by Crippen LogP contribution is -2.36. The standard InChI is InChI=1S/C21H19N3O3/c25-20(22-13-17-7-4-12-27-17)18-8-3-9-19(23-18)21(26)24-11-10-15-5-1-2-6-16(15)14-24/h1-9,12H,10-11,13-14H2,(H,22,25). The number of benzene rings is 1. The Morgan fingerprint density at radius 1 is 1.00 bits per heavy atom. The van der Waals surface area contributed by atoms with E-state index in [1.165, 1.54) is 5.56 Å². The molecule has 2 aromatic heterocycles. The highest BCUT2D eigenvalue weighted by molar-refractivity contribution is 5.96. The van der Waals surface area contributed by atoms with Crippen LogP contribution in [0.25, 0.3) is 0 Å². The topological polar surface area (TPSA) is 75.4 Å². The van der Waals surface area contributed by atoms with Gasteiger partial charge < -0.3 is 14.6 Å². The number of carbonyl (C=O) groups excluding carboxylic acids is 2. The van der Waals surface area contributed by atoms with Gasteiger partial charge in [-0.1, -0.05) is 30.3 Å². The molecule has 2 amide bonds. The summed E-state index contributed by atoms with van der Waals surface area (Å²) in [5.74, 6) is 0.151. The van der Waals surface area contributed by atoms with Gasteiger partial charge in [-0.3, -0.25) is 9.59 Å². The number of carbonyl (C=O) groups is 2. The lowest BCUT2D eigenvalue weighted by Gasteiger charge is -2.28. The fourth-order valence-electron chi connectivity index (χ4n) is 3.18. The van der Waals surface area contributed by atoms with Gasteiger partial charge in [-0.25, -0.2) is 4.98 Å². The second-order valence-corrected chi connectivity index (χ2v) is 6.42. The van der Waals surface area contributed by atoms with Crippen LogP contribution in [-0.4, -0.2) is 28.2 Å². The fraction of sp³-hybridized carbons (Fsp3) is 0.190. The van der Waals surface area contributed by atoms with Crippen LogP contribution in [0.3, 0.4) is 0 Å². The molecule has 0 radical (unpaired) electrons. The Balaban J connectivity index is 1.45. The molecule has 0 saturated carbocycles. The first-order chi connectivity index (χ1) is 13.2. The van der Waals surface area contributed by atoms with Crippen LogP contribution in [0.5, 0.6) is 0 Å². The van der Waals surface area contributed by atoms with Crippen molar-refractivity contribution in [3.8, 4) is 0 Å². The number of furan rings is 1. The number of amides is 2. The summed E-state index contributed by atoms with van der Waals surface area (Å²) in [6.07, 6.45) is 2.38. The van der Waals surface area contributed by atoms with Gasteiger partial charge in [0, 0.05) is 13.1 Å². The first-order valence-electron chi connectivity index (χ1n) is 8.84. The molecule has 6 nitrogen and oxygen atoms in total. The number of nitrogens with one attached hydrogen (secondary N) is 1. The van der Waals surface area contributed by atoms with Gasteiger partial charge in [0.15, 0.2) is 0 Å². The van der Waals surface area contributed by atoms with E-state index in [4.69, 9.17) is 4.42 Å². The van der Waals surface area contributed by atoms with Crippen molar-refractivity contribution in [3.63, 3.8) is 0 Å². The number of fused-ring (bicyclic) bond motifs is 1. The predicted molar refractivity (Wildman–Crippen MR) is 99.0 cm³/mol. The Morgan fingerprint density at radius 2 is 1.81 bits per heavy atom. The number of hydrogen-bond acceptors (Lipinski definition) is 4. The third-order valence-corrected chi connectivity index (χ3v) is 4.62. The molecule has 1 aromatic carbocycles. The Labute approximate surface area is 156 Å². The van der Waals surface area contributed by atoms with E-state index in [9.17, 15) is 9.59 Å². The van der Waals surface area contributed by atoms with Crippen LogP contribution in [-0.2, 0) is 19.5 Å². The maximum absolute atomic E-state index is 12.8. The van der Waals surface area contributed by atoms with Gasteiger partial charge in [0.25, 0.3) is 11.8 Å². The molecular formula is C21H19N3O3. The maximum Gasteiger partial charge on any atom is 0.272 e. The zero-order chi connectivity index (χ0) is 18.6. The third kappa shape index (κ3) is 3.74. The minimum Gasteiger partial charge on any atom is -0.467 e. The largest absolute Gasteiger partial charge is 0.467 e. The van der Waals surface area contributed by atoms with E-state index in [2.05, 4.69) is 16.4 Å². The molecule has 1 aliphatic heterocycles. The molecule has 1 N–H and O–H groups in total. The summed E-state index contributed by atoms with van der Waals surface area (Å²) in [6.45, 7) is 1.48. The molecular weight excluding hydrogens is 342 g/mol. The molecule has 0 aliphatic carbocycles. The Morgan fingerprint density at radius 3 is 2.63 bits per heavy atom. The Bertz CT molecular complexity index is 966. The summed E-state index contributed by atoms with van der Waals surface area (Å²) < 4.78 is 5.19. The van der Waals surface area contributed by atoms with E-state index in [-0.39, 0.29) is 29.7 Å². The van der Waals surface area contributed by atoms with Gasteiger partial charge in [0.2, 0.25) is 0 Å². The lowest BCUT2D eigenvalue weighted by atomic mass is 10.00. The summed E-state index contributed by atoms with van der Waals surface area (Å²) in [7, 11) is 0. The quantitative estimate of drug-likeness (QED) is 0.775. The second kappa shape index (κ2) is 7.45. The van der Waals surface area contributed by atoms with Crippen molar-refractivity contribution in [3.05, 3.63) is 89.1 Å². The molecule has 0 fully saturated rings. The van der Waals surface area contributed by atoms with Gasteiger partial charge in [-0.2, -0.15) is 0 Å². The molecule has 1 aliphatic rings. The Hall–Kier alpha value is -3.41. The smallest absolute Gasteiger partial charge is 0.272 e. The third-order valence-electron chi connectivity index (χ3n) is 4.62. The first kappa shape index (κ1) is 17.0. The molecule has 4 rings (SSSR count). The number of rotatable bonds is 4. The van der Waals surface area contributed by atoms with Crippen molar-refractivity contribution in [2.75, 3.05) is 6.54 Å². The SMILES string of the molecule is O=C(NCc1ccco1)c1cccc(C(=O)N2CCc3ccccc3C2)n1. The normalized spacial score (nSPS) is 13.1. The molecule has 0 spiro atoms. The first-order valence-corrected chi connectivity index (χ1v) is 8.84. The van der Waals surface area contributed by atoms with E-state index in [0.717, 1.165) is 12.0 Å². The summed E-state index contributed by atoms with van der Waals surface area (Å²) in [6, 6.07) is 16.6. The van der Waals surface area contributed by atoms with Crippen molar-refractivity contribution in [1.29, 1.82) is 0 Å². The molecule has 0 atom stereocenters. The molecule has 6 heteroatoms. The molecule has 136 valence electrons. The zero-order valence-corrected chi connectivity index (χ0v) is 14.7. The van der Waals surface area contributed by atoms with E-state index in [0.29, 0.717) is 18.8 Å². The van der Waals surface area contributed by atoms with Gasteiger partial charge in [0.05, 0.1) is 12.8 Å². The van der Waals surface area contributed by atoms with Crippen molar-refractivity contribution >= 4 is 11.8 Å². The van der Waals surface area contributed by atoms with Crippen LogP contribution in [0.4, 0.5) is 0 Å². The average molecular weight is 361 g/mol. The molecule has 0 unspecified atom stereocenters. The minimum absolute atomic E-state index is 0.162. The fourth-order valence-corrected chi connectivity index (χ4v) is 3.18. The summed E-state index contributed by atoms with van der Waals surface area (Å²) >= 11 is 0. The van der Waals surface area contributed by atoms with Crippen LogP contribution in [0, 0.1) is 0 Å². The van der Waals surface area contributed by atoms with E-state index in [1.807, 2.05) is 18.2 Å². The molecule has 0 bridgehead atoms. The summed E-state index contributed by atoms with van der Waals surface area (Å²) in [4.78, 5) is 31.2. The number of pyridine rings is 1. The van der Waals surface area contributed by atoms with Crippen molar-refractivity contribution in [2.45, 2.75) is 19.5 Å². The van der Waals surface area contributed by atoms with E-state index >= 15 is 0 Å². The molecule has 0 saturated heterocycles. The van der Waals surface area contributed by atoms with Crippen LogP contribution in [0.1, 0.15) is 37.9 Å². The molecule has 27 heavy (non-hydrogen) atoms. The zero-order valence-electron chi connectivity index (χ0n) is 14.7. The van der Waals surface area contributed by atoms with Gasteiger partial charge in [-0.15, -0.1) is 0 Å². The van der Waals surface area contributed by atoms with Crippen molar-refractivity contribution in [2.24, 2.45) is 0 Å². The highest BCUT2D eigenvalue weighted by atomic mass is 16.3. The number of aromatic nitrogens is 1. The average Bonchev–Trinajstić information content (AvgIpc) is 3.25. The molecule has 3 heterocycles. The summed E-state index contributed by atoms with van der Waals surface area (Å²) in [5.41, 5.74) is 2.93. The van der Waals surface area contributed by atoms with Gasteiger partial charge in [0.1, 0.15) is 17.1 Å². The van der Waals surface area contributed by atoms with Crippen LogP contribution >= 0.6 is 0 Å². The van der Waals surface area contributed by atoms with Crippen LogP contribution < -0.4 is 5.32 Å². The van der Waals surface area contributed by atoms with E-state index in [1.54, 1.807) is 41.5 Å². The minimum atomic E-state index is -0.343. The summed E-state index contributed by atoms with van der Waals surface area (Å²) in [5, 5.41) is 2.74. The lowest BCUT2D eigenvalue weighted by molar-refractivity contribution is 0.0728. The van der Waals surface area contributed by atoms with Crippen LogP contribution in [0.15, 0.2) is 65.3 Å². The number of nitrogens with zero attached hydrogens (tertiary/aromatic N) is 2. The maximum atomic E-state index is 12.8. The highest BCUT2D eigenvalue weighted by Crippen LogP contribution is 2.20. The Kier molecular flexibility index (Phi) is 4.70. The molecule has 3 aromatic rings. The monoisotopic (exact) mass is 361 g/mol. The van der Waals surface area contributed by atoms with Crippen molar-refractivity contribution in [1.82, 2.24) is 15.2 Å². The predicted octanol–water partition coefficient (Wildman–Crippen LogP) is 2.80. The van der Waals surface area contributed by atoms with Gasteiger partial charge in [-0.05, 0) is 41.8 Å². The van der Waals surface area contributed by atoms with Gasteiger partial charge >= 0.3 is 0 Å². The highest BCUT2D eigenvalue weighted by Gasteiger charge is 2.23. The van der Waals surface area contributed by atoms with E-state index < -0.39 is 0 Å². The van der Waals surface area contributed by atoms with Crippen LogP contribution in [0.2, 0.25) is 0 Å². The number of hydrogen-bond donors (Lipinski definition) is 1. The second-order valence-electron chi connectivity index (χ2n) is 6.42. The van der Waals surface area contributed by atoms with Crippen molar-refractivity contribution < 1.29 is 14.0 Å².